The normalized spacial score (nSPS) is 24.0. The largest absolute Gasteiger partial charge is 0.496 e. The molecule has 3 heteroatoms. The van der Waals surface area contributed by atoms with E-state index in [1.54, 1.807) is 7.11 Å². The number of ether oxygens (including phenoxy) is 1. The zero-order valence-electron chi connectivity index (χ0n) is 11.0. The lowest BCUT2D eigenvalue weighted by molar-refractivity contribution is 0.409. The van der Waals surface area contributed by atoms with Gasteiger partial charge in [0.1, 0.15) is 5.75 Å². The molecule has 2 atom stereocenters. The molecule has 2 rings (SSSR count). The molecule has 0 fully saturated rings. The Kier molecular flexibility index (Phi) is 4.00. The van der Waals surface area contributed by atoms with E-state index in [0.717, 1.165) is 11.5 Å². The lowest BCUT2D eigenvalue weighted by Gasteiger charge is -2.21. The molecule has 1 N–H and O–H groups in total. The van der Waals surface area contributed by atoms with Crippen LogP contribution >= 0.6 is 11.8 Å². The third-order valence-corrected chi connectivity index (χ3v) is 4.75. The monoisotopic (exact) mass is 251 g/mol. The van der Waals surface area contributed by atoms with Crippen molar-refractivity contribution in [2.75, 3.05) is 14.2 Å². The van der Waals surface area contributed by atoms with Crippen molar-refractivity contribution in [2.45, 2.75) is 37.3 Å². The van der Waals surface area contributed by atoms with Crippen LogP contribution in [0.2, 0.25) is 0 Å². The fraction of sp³-hybridized carbons (Fsp3) is 0.571. The Hall–Kier alpha value is -0.670. The molecule has 0 amide bonds. The predicted molar refractivity (Wildman–Crippen MR) is 74.9 cm³/mol. The van der Waals surface area contributed by atoms with Crippen LogP contribution in [0.1, 0.15) is 36.1 Å². The minimum absolute atomic E-state index is 0.449. The smallest absolute Gasteiger partial charge is 0.123 e. The molecule has 1 aliphatic heterocycles. The summed E-state index contributed by atoms with van der Waals surface area (Å²) in [5, 5.41) is 4.14. The van der Waals surface area contributed by atoms with Crippen LogP contribution in [0.3, 0.4) is 0 Å². The summed E-state index contributed by atoms with van der Waals surface area (Å²) in [7, 11) is 3.81. The van der Waals surface area contributed by atoms with Gasteiger partial charge in [-0.15, -0.1) is 0 Å². The summed E-state index contributed by atoms with van der Waals surface area (Å²) in [5.74, 6) is 2.09. The molecule has 0 radical (unpaired) electrons. The molecule has 0 spiro atoms. The molecular formula is C14H21NOS. The lowest BCUT2D eigenvalue weighted by Crippen LogP contribution is -2.20. The van der Waals surface area contributed by atoms with Crippen molar-refractivity contribution in [2.24, 2.45) is 0 Å². The third kappa shape index (κ3) is 2.45. The average Bonchev–Trinajstić information content (AvgIpc) is 2.50. The highest BCUT2D eigenvalue weighted by molar-refractivity contribution is 7.99. The minimum atomic E-state index is 0.449. The van der Waals surface area contributed by atoms with Gasteiger partial charge in [-0.3, -0.25) is 0 Å². The number of methoxy groups -OCH3 is 1. The number of fused-ring (bicyclic) bond motifs is 1. The van der Waals surface area contributed by atoms with E-state index in [-0.39, 0.29) is 0 Å². The van der Waals surface area contributed by atoms with E-state index >= 15 is 0 Å². The first-order valence-corrected chi connectivity index (χ1v) is 7.17. The molecule has 1 aromatic rings. The van der Waals surface area contributed by atoms with Gasteiger partial charge in [-0.25, -0.2) is 0 Å². The van der Waals surface area contributed by atoms with Crippen molar-refractivity contribution in [1.82, 2.24) is 5.32 Å². The van der Waals surface area contributed by atoms with Gasteiger partial charge in [0.15, 0.2) is 0 Å². The number of benzene rings is 1. The molecule has 17 heavy (non-hydrogen) atoms. The molecule has 94 valence electrons. The second-order valence-electron chi connectivity index (χ2n) is 4.68. The topological polar surface area (TPSA) is 21.3 Å². The summed E-state index contributed by atoms with van der Waals surface area (Å²) in [5.41, 5.74) is 4.19. The van der Waals surface area contributed by atoms with Gasteiger partial charge in [0.2, 0.25) is 0 Å². The summed E-state index contributed by atoms with van der Waals surface area (Å²) < 4.78 is 5.51. The molecule has 0 aromatic heterocycles. The summed E-state index contributed by atoms with van der Waals surface area (Å²) in [4.78, 5) is 0. The van der Waals surface area contributed by atoms with Crippen molar-refractivity contribution in [1.29, 1.82) is 0 Å². The quantitative estimate of drug-likeness (QED) is 0.871. The van der Waals surface area contributed by atoms with Crippen LogP contribution in [0.25, 0.3) is 0 Å². The highest BCUT2D eigenvalue weighted by Crippen LogP contribution is 2.40. The first-order valence-electron chi connectivity index (χ1n) is 6.12. The van der Waals surface area contributed by atoms with E-state index in [2.05, 4.69) is 38.3 Å². The molecule has 2 unspecified atom stereocenters. The van der Waals surface area contributed by atoms with Crippen molar-refractivity contribution in [3.8, 4) is 5.75 Å². The maximum absolute atomic E-state index is 5.51. The second-order valence-corrected chi connectivity index (χ2v) is 6.10. The molecule has 0 saturated heterocycles. The molecule has 2 nitrogen and oxygen atoms in total. The van der Waals surface area contributed by atoms with Crippen molar-refractivity contribution in [3.05, 3.63) is 28.8 Å². The van der Waals surface area contributed by atoms with Gasteiger partial charge in [-0.1, -0.05) is 13.0 Å². The van der Waals surface area contributed by atoms with Crippen molar-refractivity contribution in [3.63, 3.8) is 0 Å². The number of hydrogen-bond acceptors (Lipinski definition) is 3. The maximum Gasteiger partial charge on any atom is 0.123 e. The van der Waals surface area contributed by atoms with Crippen LogP contribution < -0.4 is 10.1 Å². The Morgan fingerprint density at radius 2 is 2.18 bits per heavy atom. The number of thioether (sulfide) groups is 1. The van der Waals surface area contributed by atoms with Crippen LogP contribution in [-0.4, -0.2) is 19.4 Å². The summed E-state index contributed by atoms with van der Waals surface area (Å²) in [6, 6.07) is 4.71. The van der Waals surface area contributed by atoms with Gasteiger partial charge < -0.3 is 10.1 Å². The molecule has 1 aliphatic rings. The lowest BCUT2D eigenvalue weighted by atomic mass is 9.93. The number of aryl methyl sites for hydroxylation is 1. The maximum atomic E-state index is 5.51. The Labute approximate surface area is 108 Å². The van der Waals surface area contributed by atoms with E-state index in [0.29, 0.717) is 11.3 Å². The zero-order valence-corrected chi connectivity index (χ0v) is 11.9. The van der Waals surface area contributed by atoms with Crippen LogP contribution in [0.5, 0.6) is 5.75 Å². The fourth-order valence-corrected chi connectivity index (χ4v) is 3.67. The SMILES string of the molecule is CNC1CC(C)SCc2c(OC)ccc(C)c21. The highest BCUT2D eigenvalue weighted by Gasteiger charge is 2.25. The standard InChI is InChI=1S/C14H21NOS/c1-9-5-6-13(16-4)11-8-17-10(2)7-12(15-3)14(9)11/h5-6,10,12,15H,7-8H2,1-4H3. The van der Waals surface area contributed by atoms with Gasteiger partial charge in [-0.05, 0) is 37.6 Å². The van der Waals surface area contributed by atoms with Gasteiger partial charge in [0.25, 0.3) is 0 Å². The average molecular weight is 251 g/mol. The number of rotatable bonds is 2. The van der Waals surface area contributed by atoms with Crippen molar-refractivity contribution >= 4 is 11.8 Å². The van der Waals surface area contributed by atoms with E-state index in [1.807, 2.05) is 11.8 Å². The Bertz CT molecular complexity index is 405. The summed E-state index contributed by atoms with van der Waals surface area (Å²) in [6.45, 7) is 4.51. The molecule has 0 aliphatic carbocycles. The third-order valence-electron chi connectivity index (χ3n) is 3.53. The zero-order chi connectivity index (χ0) is 12.4. The fourth-order valence-electron chi connectivity index (χ4n) is 2.59. The van der Waals surface area contributed by atoms with Crippen molar-refractivity contribution < 1.29 is 4.74 Å². The van der Waals surface area contributed by atoms with Crippen LogP contribution in [0.4, 0.5) is 0 Å². The first kappa shape index (κ1) is 12.8. The first-order chi connectivity index (χ1) is 8.17. The van der Waals surface area contributed by atoms with E-state index in [4.69, 9.17) is 4.74 Å². The summed E-state index contributed by atoms with van der Waals surface area (Å²) >= 11 is 2.02. The number of hydrogen-bond donors (Lipinski definition) is 1. The van der Waals surface area contributed by atoms with Gasteiger partial charge in [0, 0.05) is 22.6 Å². The van der Waals surface area contributed by atoms with Gasteiger partial charge in [0.05, 0.1) is 7.11 Å². The predicted octanol–water partition coefficient (Wildman–Crippen LogP) is 3.29. The molecule has 0 bridgehead atoms. The van der Waals surface area contributed by atoms with Crippen LogP contribution in [0, 0.1) is 6.92 Å². The Balaban J connectivity index is 2.53. The number of nitrogens with one attached hydrogen (secondary N) is 1. The van der Waals surface area contributed by atoms with Crippen LogP contribution in [0.15, 0.2) is 12.1 Å². The highest BCUT2D eigenvalue weighted by atomic mass is 32.2. The molecule has 1 aromatic carbocycles. The van der Waals surface area contributed by atoms with E-state index < -0.39 is 0 Å². The summed E-state index contributed by atoms with van der Waals surface area (Å²) in [6.07, 6.45) is 1.18. The Morgan fingerprint density at radius 3 is 2.82 bits per heavy atom. The van der Waals surface area contributed by atoms with Gasteiger partial charge >= 0.3 is 0 Å². The van der Waals surface area contributed by atoms with Crippen LogP contribution in [-0.2, 0) is 5.75 Å². The van der Waals surface area contributed by atoms with E-state index in [1.165, 1.54) is 23.1 Å². The van der Waals surface area contributed by atoms with E-state index in [9.17, 15) is 0 Å². The molecule has 0 saturated carbocycles. The minimum Gasteiger partial charge on any atom is -0.496 e. The second kappa shape index (κ2) is 5.32. The molecule has 1 heterocycles. The van der Waals surface area contributed by atoms with Gasteiger partial charge in [-0.2, -0.15) is 11.8 Å². The molecular weight excluding hydrogens is 230 g/mol. The Morgan fingerprint density at radius 1 is 1.41 bits per heavy atom.